The zero-order valence-electron chi connectivity index (χ0n) is 6.15. The summed E-state index contributed by atoms with van der Waals surface area (Å²) in [5.41, 5.74) is 0. The summed E-state index contributed by atoms with van der Waals surface area (Å²) in [6, 6.07) is 0. The van der Waals surface area contributed by atoms with Crippen LogP contribution in [0.2, 0.25) is 0 Å². The second kappa shape index (κ2) is 4.89. The highest BCUT2D eigenvalue weighted by Gasteiger charge is 2.03. The van der Waals surface area contributed by atoms with Crippen LogP contribution in [0.3, 0.4) is 0 Å². The second-order valence-electron chi connectivity index (χ2n) is 2.06. The average molecular weight is 171 g/mol. The van der Waals surface area contributed by atoms with E-state index >= 15 is 0 Å². The smallest absolute Gasteiger partial charge is 0.344 e. The molecule has 0 N–H and O–H groups in total. The molecule has 0 bridgehead atoms. The van der Waals surface area contributed by atoms with E-state index in [1.165, 1.54) is 0 Å². The van der Waals surface area contributed by atoms with Gasteiger partial charge >= 0.3 is 5.29 Å². The highest BCUT2D eigenvalue weighted by molar-refractivity contribution is 6.62. The normalized spacial score (nSPS) is 7.67. The van der Waals surface area contributed by atoms with E-state index in [1.54, 1.807) is 0 Å². The van der Waals surface area contributed by atoms with E-state index in [9.17, 15) is 0 Å². The molecule has 0 atom stereocenters. The molecule has 2 nitrogen and oxygen atoms in total. The Kier molecular flexibility index (Phi) is 6.40. The van der Waals surface area contributed by atoms with Gasteiger partial charge in [-0.25, -0.2) is 0 Å². The SMILES string of the molecule is CN(C)C(Cl)=[N+](C)C.[Cl-]. The van der Waals surface area contributed by atoms with Gasteiger partial charge in [0, 0.05) is 11.6 Å². The Labute approximate surface area is 67.5 Å². The second-order valence-corrected chi connectivity index (χ2v) is 2.40. The van der Waals surface area contributed by atoms with Crippen LogP contribution < -0.4 is 12.4 Å². The van der Waals surface area contributed by atoms with E-state index in [2.05, 4.69) is 0 Å². The van der Waals surface area contributed by atoms with E-state index in [0.29, 0.717) is 0 Å². The predicted octanol–water partition coefficient (Wildman–Crippen LogP) is -2.58. The summed E-state index contributed by atoms with van der Waals surface area (Å²) in [4.78, 5) is 1.85. The van der Waals surface area contributed by atoms with Crippen molar-refractivity contribution in [1.29, 1.82) is 0 Å². The minimum atomic E-state index is 0. The molecule has 0 amide bonds. The Hall–Kier alpha value is 0.0500. The molecule has 0 radical (unpaired) electrons. The van der Waals surface area contributed by atoms with E-state index in [-0.39, 0.29) is 12.4 Å². The van der Waals surface area contributed by atoms with Crippen LogP contribution in [-0.4, -0.2) is 43.0 Å². The topological polar surface area (TPSA) is 6.25 Å². The fourth-order valence-electron chi connectivity index (χ4n) is 0.400. The Morgan fingerprint density at radius 1 is 1.33 bits per heavy atom. The van der Waals surface area contributed by atoms with E-state index in [0.717, 1.165) is 5.29 Å². The van der Waals surface area contributed by atoms with Crippen LogP contribution in [0.5, 0.6) is 0 Å². The van der Waals surface area contributed by atoms with Gasteiger partial charge in [0.15, 0.2) is 0 Å². The molecular weight excluding hydrogens is 159 g/mol. The van der Waals surface area contributed by atoms with E-state index in [4.69, 9.17) is 11.6 Å². The minimum absolute atomic E-state index is 0. The van der Waals surface area contributed by atoms with Crippen molar-refractivity contribution in [3.05, 3.63) is 0 Å². The Balaban J connectivity index is 0. The lowest BCUT2D eigenvalue weighted by molar-refractivity contribution is -0.466. The summed E-state index contributed by atoms with van der Waals surface area (Å²) >= 11 is 5.72. The van der Waals surface area contributed by atoms with Crippen LogP contribution in [0.15, 0.2) is 0 Å². The summed E-state index contributed by atoms with van der Waals surface area (Å²) in [6.07, 6.45) is 0. The lowest BCUT2D eigenvalue weighted by Crippen LogP contribution is -3.00. The monoisotopic (exact) mass is 170 g/mol. The number of hydrogen-bond acceptors (Lipinski definition) is 0. The van der Waals surface area contributed by atoms with Crippen molar-refractivity contribution in [2.75, 3.05) is 28.2 Å². The van der Waals surface area contributed by atoms with Gasteiger partial charge in [-0.1, -0.05) is 0 Å². The maximum absolute atomic E-state index is 5.72. The van der Waals surface area contributed by atoms with Crippen molar-refractivity contribution in [2.24, 2.45) is 0 Å². The molecule has 9 heavy (non-hydrogen) atoms. The molecular formula is C5H12Cl2N2. The third kappa shape index (κ3) is 4.55. The van der Waals surface area contributed by atoms with Crippen molar-refractivity contribution >= 4 is 16.9 Å². The van der Waals surface area contributed by atoms with E-state index < -0.39 is 0 Å². The van der Waals surface area contributed by atoms with Crippen molar-refractivity contribution in [3.63, 3.8) is 0 Å². The minimum Gasteiger partial charge on any atom is -1.00 e. The molecule has 0 spiro atoms. The Morgan fingerprint density at radius 3 is 1.67 bits per heavy atom. The van der Waals surface area contributed by atoms with Gasteiger partial charge in [0.25, 0.3) is 0 Å². The molecule has 0 aromatic heterocycles. The van der Waals surface area contributed by atoms with Crippen LogP contribution in [-0.2, 0) is 0 Å². The van der Waals surface area contributed by atoms with E-state index in [1.807, 2.05) is 37.7 Å². The van der Waals surface area contributed by atoms with Crippen LogP contribution in [0.1, 0.15) is 0 Å². The van der Waals surface area contributed by atoms with Crippen molar-refractivity contribution in [3.8, 4) is 0 Å². The number of hydrogen-bond donors (Lipinski definition) is 0. The van der Waals surface area contributed by atoms with Gasteiger partial charge in [0.1, 0.15) is 0 Å². The predicted molar refractivity (Wildman–Crippen MR) is 36.7 cm³/mol. The standard InChI is InChI=1S/C5H12ClN2.ClH/c1-7(2)5(6)8(3)4;/h1-4H3;1H/q+1;/p-1. The van der Waals surface area contributed by atoms with Crippen molar-refractivity contribution in [2.45, 2.75) is 0 Å². The van der Waals surface area contributed by atoms with Crippen LogP contribution >= 0.6 is 11.6 Å². The first kappa shape index (κ1) is 11.8. The van der Waals surface area contributed by atoms with Gasteiger partial charge in [0.05, 0.1) is 28.2 Å². The molecule has 0 aliphatic heterocycles. The third-order valence-electron chi connectivity index (χ3n) is 0.738. The number of nitrogens with zero attached hydrogens (tertiary/aromatic N) is 2. The first-order valence-corrected chi connectivity index (χ1v) is 2.80. The summed E-state index contributed by atoms with van der Waals surface area (Å²) in [5.74, 6) is 0. The molecule has 0 aromatic rings. The molecule has 0 aliphatic rings. The van der Waals surface area contributed by atoms with Gasteiger partial charge in [0.2, 0.25) is 0 Å². The number of amidine groups is 1. The number of rotatable bonds is 0. The summed E-state index contributed by atoms with van der Waals surface area (Å²) in [6.45, 7) is 0. The number of halogens is 2. The largest absolute Gasteiger partial charge is 1.00 e. The highest BCUT2D eigenvalue weighted by Crippen LogP contribution is 1.85. The first-order valence-electron chi connectivity index (χ1n) is 2.43. The Bertz CT molecular complexity index is 106. The van der Waals surface area contributed by atoms with Gasteiger partial charge in [-0.3, -0.25) is 9.48 Å². The van der Waals surface area contributed by atoms with Crippen LogP contribution in [0.4, 0.5) is 0 Å². The highest BCUT2D eigenvalue weighted by atomic mass is 35.5. The molecule has 0 rings (SSSR count). The molecule has 0 saturated carbocycles. The van der Waals surface area contributed by atoms with Crippen molar-refractivity contribution in [1.82, 2.24) is 4.90 Å². The molecule has 4 heteroatoms. The van der Waals surface area contributed by atoms with Crippen LogP contribution in [0, 0.1) is 0 Å². The zero-order valence-corrected chi connectivity index (χ0v) is 7.66. The molecule has 0 aromatic carbocycles. The van der Waals surface area contributed by atoms with Gasteiger partial charge in [-0.15, -0.1) is 0 Å². The fourth-order valence-corrected chi connectivity index (χ4v) is 0.400. The quantitative estimate of drug-likeness (QED) is 0.168. The van der Waals surface area contributed by atoms with Gasteiger partial charge < -0.3 is 12.4 Å². The summed E-state index contributed by atoms with van der Waals surface area (Å²) in [7, 11) is 7.62. The molecule has 56 valence electrons. The van der Waals surface area contributed by atoms with Crippen LogP contribution in [0.25, 0.3) is 0 Å². The van der Waals surface area contributed by atoms with Crippen molar-refractivity contribution < 1.29 is 17.0 Å². The average Bonchev–Trinajstić information content (AvgIpc) is 1.64. The van der Waals surface area contributed by atoms with Gasteiger partial charge in [-0.05, 0) is 0 Å². The maximum Gasteiger partial charge on any atom is 0.344 e. The first-order chi connectivity index (χ1) is 3.55. The summed E-state index contributed by atoms with van der Waals surface area (Å²) < 4.78 is 1.85. The zero-order chi connectivity index (χ0) is 6.73. The van der Waals surface area contributed by atoms with Gasteiger partial charge in [-0.2, -0.15) is 0 Å². The molecule has 0 aliphatic carbocycles. The molecule has 0 unspecified atom stereocenters. The molecule has 0 saturated heterocycles. The summed E-state index contributed by atoms with van der Waals surface area (Å²) in [5, 5.41) is 0.741. The fraction of sp³-hybridized carbons (Fsp3) is 0.800. The molecule has 0 fully saturated rings. The molecule has 0 heterocycles. The Morgan fingerprint density at radius 2 is 1.67 bits per heavy atom. The lowest BCUT2D eigenvalue weighted by atomic mass is 10.9. The maximum atomic E-state index is 5.72. The lowest BCUT2D eigenvalue weighted by Gasteiger charge is -2.02. The third-order valence-corrected chi connectivity index (χ3v) is 1.41.